The summed E-state index contributed by atoms with van der Waals surface area (Å²) in [5.41, 5.74) is -0.606. The summed E-state index contributed by atoms with van der Waals surface area (Å²) in [5, 5.41) is 0. The summed E-state index contributed by atoms with van der Waals surface area (Å²) < 4.78 is 26.1. The third-order valence-electron chi connectivity index (χ3n) is 1.22. The van der Waals surface area contributed by atoms with Crippen molar-refractivity contribution < 1.29 is 8.42 Å². The van der Waals surface area contributed by atoms with Gasteiger partial charge in [-0.2, -0.15) is 17.4 Å². The fourth-order valence-corrected chi connectivity index (χ4v) is 1.57. The Morgan fingerprint density at radius 2 is 1.83 bits per heavy atom. The average Bonchev–Trinajstić information content (AvgIpc) is 1.85. The first kappa shape index (κ1) is 12.2. The molecule has 0 aliphatic carbocycles. The summed E-state index contributed by atoms with van der Waals surface area (Å²) in [6.07, 6.45) is 0. The number of alkyl halides is 1. The molecule has 0 aromatic heterocycles. The molecule has 0 aromatic rings. The van der Waals surface area contributed by atoms with Gasteiger partial charge in [-0.25, -0.2) is 0 Å². The number of hydrogen-bond acceptors (Lipinski definition) is 2. The van der Waals surface area contributed by atoms with Crippen molar-refractivity contribution in [3.05, 3.63) is 0 Å². The van der Waals surface area contributed by atoms with E-state index < -0.39 is 15.7 Å². The molecule has 4 nitrogen and oxygen atoms in total. The molecule has 0 bridgehead atoms. The third-order valence-corrected chi connectivity index (χ3v) is 3.66. The molecule has 0 rings (SSSR count). The molecule has 1 N–H and O–H groups in total. The van der Waals surface area contributed by atoms with Gasteiger partial charge in [0.1, 0.15) is 0 Å². The van der Waals surface area contributed by atoms with Crippen molar-refractivity contribution in [3.8, 4) is 0 Å². The van der Waals surface area contributed by atoms with E-state index in [1.807, 2.05) is 0 Å². The molecular weight excluding hydrogens is 200 g/mol. The van der Waals surface area contributed by atoms with Crippen molar-refractivity contribution >= 4 is 21.8 Å². The highest BCUT2D eigenvalue weighted by molar-refractivity contribution is 7.87. The fourth-order valence-electron chi connectivity index (χ4n) is 0.468. The summed E-state index contributed by atoms with van der Waals surface area (Å²) in [7, 11) is -0.439. The van der Waals surface area contributed by atoms with E-state index in [2.05, 4.69) is 4.72 Å². The second kappa shape index (κ2) is 3.91. The van der Waals surface area contributed by atoms with Crippen molar-refractivity contribution in [3.63, 3.8) is 0 Å². The van der Waals surface area contributed by atoms with E-state index in [1.54, 1.807) is 13.8 Å². The van der Waals surface area contributed by atoms with Crippen molar-refractivity contribution in [2.75, 3.05) is 20.0 Å². The smallest absolute Gasteiger partial charge is 0.195 e. The number of nitrogens with one attached hydrogen (secondary N) is 1. The molecule has 0 aromatic carbocycles. The van der Waals surface area contributed by atoms with Crippen molar-refractivity contribution in [1.29, 1.82) is 0 Å². The summed E-state index contributed by atoms with van der Waals surface area (Å²) in [6.45, 7) is 3.45. The van der Waals surface area contributed by atoms with E-state index in [9.17, 15) is 8.42 Å². The number of halogens is 1. The van der Waals surface area contributed by atoms with Crippen LogP contribution in [0.25, 0.3) is 0 Å². The molecule has 6 heteroatoms. The molecule has 0 spiro atoms. The maximum atomic E-state index is 11.3. The molecule has 0 atom stereocenters. The molecule has 0 saturated carbocycles. The SMILES string of the molecule is CN(C)S(=O)(=O)NC(C)(C)CCl. The highest BCUT2D eigenvalue weighted by Crippen LogP contribution is 2.07. The van der Waals surface area contributed by atoms with Crippen LogP contribution in [0, 0.1) is 0 Å². The highest BCUT2D eigenvalue weighted by atomic mass is 35.5. The summed E-state index contributed by atoms with van der Waals surface area (Å²) >= 11 is 5.56. The van der Waals surface area contributed by atoms with Gasteiger partial charge < -0.3 is 0 Å². The molecule has 74 valence electrons. The molecule has 0 aliphatic heterocycles. The lowest BCUT2D eigenvalue weighted by Gasteiger charge is -2.25. The summed E-state index contributed by atoms with van der Waals surface area (Å²) in [5.74, 6) is 0.236. The zero-order valence-corrected chi connectivity index (χ0v) is 9.33. The molecule has 12 heavy (non-hydrogen) atoms. The number of rotatable bonds is 4. The van der Waals surface area contributed by atoms with Crippen molar-refractivity contribution in [2.24, 2.45) is 0 Å². The van der Waals surface area contributed by atoms with E-state index in [-0.39, 0.29) is 5.88 Å². The normalized spacial score (nSPS) is 13.8. The molecule has 0 saturated heterocycles. The Balaban J connectivity index is 4.47. The molecule has 0 heterocycles. The summed E-state index contributed by atoms with van der Waals surface area (Å²) in [6, 6.07) is 0. The minimum absolute atomic E-state index is 0.236. The van der Waals surface area contributed by atoms with Gasteiger partial charge in [-0.1, -0.05) is 0 Å². The molecular formula is C6H15ClN2O2S. The minimum Gasteiger partial charge on any atom is -0.195 e. The fraction of sp³-hybridized carbons (Fsp3) is 1.00. The van der Waals surface area contributed by atoms with Gasteiger partial charge in [0.2, 0.25) is 0 Å². The lowest BCUT2D eigenvalue weighted by atomic mass is 10.1. The number of nitrogens with zero attached hydrogens (tertiary/aromatic N) is 1. The largest absolute Gasteiger partial charge is 0.279 e. The molecule has 0 amide bonds. The molecule has 0 unspecified atom stereocenters. The van der Waals surface area contributed by atoms with E-state index in [0.29, 0.717) is 0 Å². The van der Waals surface area contributed by atoms with Crippen molar-refractivity contribution in [1.82, 2.24) is 9.03 Å². The maximum Gasteiger partial charge on any atom is 0.279 e. The van der Waals surface area contributed by atoms with Crippen LogP contribution >= 0.6 is 11.6 Å². The average molecular weight is 215 g/mol. The predicted octanol–water partition coefficient (Wildman–Crippen LogP) is 0.400. The monoisotopic (exact) mass is 214 g/mol. The van der Waals surface area contributed by atoms with E-state index >= 15 is 0 Å². The van der Waals surface area contributed by atoms with Crippen LogP contribution in [0.4, 0.5) is 0 Å². The Hall–Kier alpha value is 0.160. The second-order valence-electron chi connectivity index (χ2n) is 3.41. The van der Waals surface area contributed by atoms with Gasteiger partial charge in [0.05, 0.1) is 0 Å². The Kier molecular flexibility index (Phi) is 3.96. The zero-order valence-electron chi connectivity index (χ0n) is 7.76. The van der Waals surface area contributed by atoms with Crippen LogP contribution in [0.15, 0.2) is 0 Å². The molecule has 0 aliphatic rings. The maximum absolute atomic E-state index is 11.3. The second-order valence-corrected chi connectivity index (χ2v) is 5.56. The van der Waals surface area contributed by atoms with Crippen LogP contribution in [0.5, 0.6) is 0 Å². The Morgan fingerprint density at radius 1 is 1.42 bits per heavy atom. The predicted molar refractivity (Wildman–Crippen MR) is 50.5 cm³/mol. The standard InChI is InChI=1S/C6H15ClN2O2S/c1-6(2,5-7)8-12(10,11)9(3)4/h8H,5H2,1-4H3. The minimum atomic E-state index is -3.37. The van der Waals surface area contributed by atoms with Crippen molar-refractivity contribution in [2.45, 2.75) is 19.4 Å². The lowest BCUT2D eigenvalue weighted by molar-refractivity contribution is 0.453. The van der Waals surface area contributed by atoms with Crippen LogP contribution in [-0.4, -0.2) is 38.2 Å². The van der Waals surface area contributed by atoms with Crippen LogP contribution in [0.3, 0.4) is 0 Å². The zero-order chi connectivity index (χ0) is 9.99. The van der Waals surface area contributed by atoms with Gasteiger partial charge in [0, 0.05) is 25.5 Å². The van der Waals surface area contributed by atoms with Crippen LogP contribution < -0.4 is 4.72 Å². The van der Waals surface area contributed by atoms with Crippen LogP contribution in [-0.2, 0) is 10.2 Å². The Morgan fingerprint density at radius 3 is 2.08 bits per heavy atom. The van der Waals surface area contributed by atoms with Crippen LogP contribution in [0.1, 0.15) is 13.8 Å². The lowest BCUT2D eigenvalue weighted by Crippen LogP contribution is -2.49. The quantitative estimate of drug-likeness (QED) is 0.689. The van der Waals surface area contributed by atoms with Gasteiger partial charge in [-0.15, -0.1) is 11.6 Å². The topological polar surface area (TPSA) is 49.4 Å². The van der Waals surface area contributed by atoms with Crippen LogP contribution in [0.2, 0.25) is 0 Å². The first-order valence-corrected chi connectivity index (χ1v) is 5.46. The Labute approximate surface area is 79.1 Å². The van der Waals surface area contributed by atoms with Gasteiger partial charge in [-0.05, 0) is 13.8 Å². The highest BCUT2D eigenvalue weighted by Gasteiger charge is 2.24. The Bertz CT molecular complexity index is 236. The number of hydrogen-bond donors (Lipinski definition) is 1. The molecule has 0 radical (unpaired) electrons. The van der Waals surface area contributed by atoms with E-state index in [4.69, 9.17) is 11.6 Å². The van der Waals surface area contributed by atoms with E-state index in [1.165, 1.54) is 14.1 Å². The van der Waals surface area contributed by atoms with Gasteiger partial charge in [0.15, 0.2) is 0 Å². The summed E-state index contributed by atoms with van der Waals surface area (Å²) in [4.78, 5) is 0. The van der Waals surface area contributed by atoms with Gasteiger partial charge in [-0.3, -0.25) is 0 Å². The first-order chi connectivity index (χ1) is 5.21. The van der Waals surface area contributed by atoms with Gasteiger partial charge in [0.25, 0.3) is 10.2 Å². The van der Waals surface area contributed by atoms with E-state index in [0.717, 1.165) is 4.31 Å². The first-order valence-electron chi connectivity index (χ1n) is 3.49. The molecule has 0 fully saturated rings. The third kappa shape index (κ3) is 3.71. The van der Waals surface area contributed by atoms with Gasteiger partial charge >= 0.3 is 0 Å².